The number of nitrogens with two attached hydrogens (primary N) is 1. The summed E-state index contributed by atoms with van der Waals surface area (Å²) in [7, 11) is 0. The highest BCUT2D eigenvalue weighted by atomic mass is 14.7. The van der Waals surface area contributed by atoms with Gasteiger partial charge in [0.1, 0.15) is 0 Å². The highest BCUT2D eigenvalue weighted by molar-refractivity contribution is 5.92. The number of anilines is 1. The van der Waals surface area contributed by atoms with Gasteiger partial charge in [-0.15, -0.1) is 0 Å². The quantitative estimate of drug-likeness (QED) is 0.626. The molecule has 1 aromatic carbocycles. The average Bonchev–Trinajstić information content (AvgIpc) is 2.68. The molecule has 0 spiro atoms. The number of aromatic nitrogens is 1. The normalized spacial score (nSPS) is 8.60. The highest BCUT2D eigenvalue weighted by Crippen LogP contribution is 2.21. The second kappa shape index (κ2) is 6.93. The van der Waals surface area contributed by atoms with Crippen LogP contribution in [0, 0.1) is 6.92 Å². The first-order valence-corrected chi connectivity index (χ1v) is 5.61. The van der Waals surface area contributed by atoms with Gasteiger partial charge in [-0.2, -0.15) is 0 Å². The van der Waals surface area contributed by atoms with Gasteiger partial charge in [-0.3, -0.25) is 0 Å². The lowest BCUT2D eigenvalue weighted by Gasteiger charge is -1.94. The molecule has 0 unspecified atom stereocenters. The fraction of sp³-hybridized carbons (Fsp3) is 0.385. The zero-order valence-electron chi connectivity index (χ0n) is 10.4. The van der Waals surface area contributed by atoms with Crippen molar-refractivity contribution in [2.75, 3.05) is 5.73 Å². The van der Waals surface area contributed by atoms with E-state index in [4.69, 9.17) is 5.73 Å². The standard InChI is InChI=1S/C9H10N2.2C2H6/c1-6-5-11-9-7(6)3-2-4-8(9)10;2*1-2/h2-5,11H,10H2,1H3;2*1-2H3. The minimum atomic E-state index is 0.815. The van der Waals surface area contributed by atoms with E-state index in [1.165, 1.54) is 10.9 Å². The minimum Gasteiger partial charge on any atom is -0.397 e. The highest BCUT2D eigenvalue weighted by Gasteiger charge is 1.99. The predicted octanol–water partition coefficient (Wildman–Crippen LogP) is 4.11. The summed E-state index contributed by atoms with van der Waals surface area (Å²) in [6, 6.07) is 5.94. The molecule has 0 saturated heterocycles. The number of nitrogens with one attached hydrogen (secondary N) is 1. The number of para-hydroxylation sites is 1. The summed E-state index contributed by atoms with van der Waals surface area (Å²) in [5, 5.41) is 1.21. The molecule has 0 saturated carbocycles. The Hall–Kier alpha value is -1.44. The maximum atomic E-state index is 5.74. The largest absolute Gasteiger partial charge is 0.397 e. The number of H-pyrrole nitrogens is 1. The monoisotopic (exact) mass is 206 g/mol. The average molecular weight is 206 g/mol. The lowest BCUT2D eigenvalue weighted by atomic mass is 10.2. The van der Waals surface area contributed by atoms with Gasteiger partial charge in [0.15, 0.2) is 0 Å². The third-order valence-corrected chi connectivity index (χ3v) is 1.95. The summed E-state index contributed by atoms with van der Waals surface area (Å²) in [4.78, 5) is 3.13. The smallest absolute Gasteiger partial charge is 0.0690 e. The van der Waals surface area contributed by atoms with Crippen molar-refractivity contribution in [1.82, 2.24) is 4.98 Å². The van der Waals surface area contributed by atoms with Gasteiger partial charge in [-0.1, -0.05) is 39.8 Å². The summed E-state index contributed by atoms with van der Waals surface area (Å²) >= 11 is 0. The molecule has 1 heterocycles. The number of hydrogen-bond donors (Lipinski definition) is 2. The molecule has 0 aliphatic rings. The molecule has 2 rings (SSSR count). The van der Waals surface area contributed by atoms with Crippen LogP contribution in [-0.2, 0) is 0 Å². The van der Waals surface area contributed by atoms with Crippen molar-refractivity contribution in [3.8, 4) is 0 Å². The second-order valence-electron chi connectivity index (χ2n) is 2.74. The van der Waals surface area contributed by atoms with E-state index in [9.17, 15) is 0 Å². The second-order valence-corrected chi connectivity index (χ2v) is 2.74. The van der Waals surface area contributed by atoms with Crippen molar-refractivity contribution < 1.29 is 0 Å². The van der Waals surface area contributed by atoms with E-state index in [0.717, 1.165) is 11.2 Å². The Morgan fingerprint density at radius 2 is 1.67 bits per heavy atom. The lowest BCUT2D eigenvalue weighted by Crippen LogP contribution is -1.84. The molecule has 2 aromatic rings. The number of aryl methyl sites for hydroxylation is 1. The first-order valence-electron chi connectivity index (χ1n) is 5.61. The fourth-order valence-corrected chi connectivity index (χ4v) is 1.32. The van der Waals surface area contributed by atoms with Crippen LogP contribution in [0.25, 0.3) is 10.9 Å². The molecular formula is C13H22N2. The van der Waals surface area contributed by atoms with Crippen LogP contribution in [0.1, 0.15) is 33.3 Å². The van der Waals surface area contributed by atoms with E-state index in [-0.39, 0.29) is 0 Å². The van der Waals surface area contributed by atoms with Crippen LogP contribution in [0.15, 0.2) is 24.4 Å². The molecular weight excluding hydrogens is 184 g/mol. The Balaban J connectivity index is 0.000000442. The number of hydrogen-bond acceptors (Lipinski definition) is 1. The van der Waals surface area contributed by atoms with Gasteiger partial charge in [0, 0.05) is 11.6 Å². The van der Waals surface area contributed by atoms with Crippen molar-refractivity contribution in [1.29, 1.82) is 0 Å². The van der Waals surface area contributed by atoms with E-state index in [2.05, 4.69) is 18.0 Å². The van der Waals surface area contributed by atoms with Gasteiger partial charge in [0.25, 0.3) is 0 Å². The molecule has 0 bridgehead atoms. The summed E-state index contributed by atoms with van der Waals surface area (Å²) in [5.41, 5.74) is 8.84. The van der Waals surface area contributed by atoms with Crippen LogP contribution in [-0.4, -0.2) is 4.98 Å². The predicted molar refractivity (Wildman–Crippen MR) is 70.1 cm³/mol. The maximum absolute atomic E-state index is 5.74. The van der Waals surface area contributed by atoms with E-state index in [1.54, 1.807) is 0 Å². The van der Waals surface area contributed by atoms with Crippen molar-refractivity contribution in [2.24, 2.45) is 0 Å². The van der Waals surface area contributed by atoms with Gasteiger partial charge < -0.3 is 10.7 Å². The fourth-order valence-electron chi connectivity index (χ4n) is 1.32. The Labute approximate surface area is 92.5 Å². The van der Waals surface area contributed by atoms with Crippen molar-refractivity contribution >= 4 is 16.6 Å². The first-order chi connectivity index (χ1) is 7.29. The SMILES string of the molecule is CC.CC.Cc1c[nH]c2c(N)cccc12. The molecule has 0 atom stereocenters. The molecule has 1 aromatic heterocycles. The zero-order valence-corrected chi connectivity index (χ0v) is 10.4. The Morgan fingerprint density at radius 3 is 2.20 bits per heavy atom. The van der Waals surface area contributed by atoms with Crippen LogP contribution >= 0.6 is 0 Å². The van der Waals surface area contributed by atoms with Crippen molar-refractivity contribution in [3.63, 3.8) is 0 Å². The van der Waals surface area contributed by atoms with Crippen LogP contribution in [0.5, 0.6) is 0 Å². The number of nitrogen functional groups attached to an aromatic ring is 1. The molecule has 3 N–H and O–H groups in total. The van der Waals surface area contributed by atoms with Crippen LogP contribution in [0.4, 0.5) is 5.69 Å². The topological polar surface area (TPSA) is 41.8 Å². The minimum absolute atomic E-state index is 0.815. The van der Waals surface area contributed by atoms with E-state index >= 15 is 0 Å². The summed E-state index contributed by atoms with van der Waals surface area (Å²) < 4.78 is 0. The first kappa shape index (κ1) is 13.6. The summed E-state index contributed by atoms with van der Waals surface area (Å²) in [5.74, 6) is 0. The molecule has 2 heteroatoms. The van der Waals surface area contributed by atoms with Crippen LogP contribution < -0.4 is 5.73 Å². The van der Waals surface area contributed by atoms with Gasteiger partial charge >= 0.3 is 0 Å². The third-order valence-electron chi connectivity index (χ3n) is 1.95. The number of rotatable bonds is 0. The summed E-state index contributed by atoms with van der Waals surface area (Å²) in [6.07, 6.45) is 1.97. The molecule has 0 radical (unpaired) electrons. The van der Waals surface area contributed by atoms with Gasteiger partial charge in [0.2, 0.25) is 0 Å². The maximum Gasteiger partial charge on any atom is 0.0690 e. The Bertz CT molecular complexity index is 388. The molecule has 15 heavy (non-hydrogen) atoms. The Kier molecular flexibility index (Phi) is 6.27. The van der Waals surface area contributed by atoms with Crippen LogP contribution in [0.3, 0.4) is 0 Å². The van der Waals surface area contributed by atoms with Crippen LogP contribution in [0.2, 0.25) is 0 Å². The molecule has 84 valence electrons. The zero-order chi connectivity index (χ0) is 11.8. The number of benzene rings is 1. The van der Waals surface area contributed by atoms with E-state index < -0.39 is 0 Å². The number of aromatic amines is 1. The van der Waals surface area contributed by atoms with E-state index in [0.29, 0.717) is 0 Å². The van der Waals surface area contributed by atoms with Gasteiger partial charge in [0.05, 0.1) is 11.2 Å². The lowest BCUT2D eigenvalue weighted by molar-refractivity contribution is 1.43. The molecule has 0 amide bonds. The molecule has 0 fully saturated rings. The van der Waals surface area contributed by atoms with Crippen molar-refractivity contribution in [2.45, 2.75) is 34.6 Å². The molecule has 0 aliphatic carbocycles. The molecule has 0 aliphatic heterocycles. The summed E-state index contributed by atoms with van der Waals surface area (Å²) in [6.45, 7) is 10.1. The van der Waals surface area contributed by atoms with Gasteiger partial charge in [-0.25, -0.2) is 0 Å². The molecule has 2 nitrogen and oxygen atoms in total. The third kappa shape index (κ3) is 3.01. The Morgan fingerprint density at radius 1 is 1.07 bits per heavy atom. The van der Waals surface area contributed by atoms with E-state index in [1.807, 2.05) is 46.0 Å². The number of fused-ring (bicyclic) bond motifs is 1. The van der Waals surface area contributed by atoms with Crippen molar-refractivity contribution in [3.05, 3.63) is 30.0 Å². The van der Waals surface area contributed by atoms with Gasteiger partial charge in [-0.05, 0) is 18.6 Å².